The Bertz CT molecular complexity index is 564. The number of hydrogen-bond acceptors (Lipinski definition) is 2. The van der Waals surface area contributed by atoms with Gasteiger partial charge in [0.25, 0.3) is 0 Å². The number of anilines is 1. The average molecular weight is 281 g/mol. The molecule has 0 spiro atoms. The lowest BCUT2D eigenvalue weighted by atomic mass is 10.1. The van der Waals surface area contributed by atoms with Crippen LogP contribution < -0.4 is 10.5 Å². The average Bonchev–Trinajstić information content (AvgIpc) is 2.40. The number of rotatable bonds is 4. The van der Waals surface area contributed by atoms with Crippen molar-refractivity contribution in [1.82, 2.24) is 0 Å². The molecule has 0 unspecified atom stereocenters. The Morgan fingerprint density at radius 3 is 2.25 bits per heavy atom. The van der Waals surface area contributed by atoms with Crippen LogP contribution in [0, 0.1) is 0 Å². The second-order valence-corrected chi connectivity index (χ2v) is 4.33. The highest BCUT2D eigenvalue weighted by Gasteiger charge is 2.33. The van der Waals surface area contributed by atoms with Gasteiger partial charge in [0.15, 0.2) is 0 Å². The van der Waals surface area contributed by atoms with Gasteiger partial charge in [0, 0.05) is 12.1 Å². The summed E-state index contributed by atoms with van der Waals surface area (Å²) in [6, 6.07) is 12.4. The van der Waals surface area contributed by atoms with Crippen molar-refractivity contribution in [2.75, 3.05) is 12.3 Å². The minimum absolute atomic E-state index is 0.143. The van der Waals surface area contributed by atoms with E-state index in [1.54, 1.807) is 12.1 Å². The summed E-state index contributed by atoms with van der Waals surface area (Å²) in [5.74, 6) is -0.143. The summed E-state index contributed by atoms with van der Waals surface area (Å²) in [5.41, 5.74) is 6.42. The summed E-state index contributed by atoms with van der Waals surface area (Å²) in [6.07, 6.45) is -3.88. The standard InChI is InChI=1S/C15H14F3NO/c16-15(17,18)13-3-1-2-4-14(13)20-10-9-11-5-7-12(19)8-6-11/h1-8H,9-10,19H2. The van der Waals surface area contributed by atoms with Gasteiger partial charge in [0.1, 0.15) is 5.75 Å². The van der Waals surface area contributed by atoms with Crippen LogP contribution in [0.5, 0.6) is 5.75 Å². The predicted octanol–water partition coefficient (Wildman–Crippen LogP) is 3.91. The van der Waals surface area contributed by atoms with Crippen molar-refractivity contribution >= 4 is 5.69 Å². The second-order valence-electron chi connectivity index (χ2n) is 4.33. The summed E-state index contributed by atoms with van der Waals surface area (Å²) in [7, 11) is 0. The third-order valence-electron chi connectivity index (χ3n) is 2.82. The zero-order valence-corrected chi connectivity index (χ0v) is 10.7. The van der Waals surface area contributed by atoms with Crippen LogP contribution in [-0.2, 0) is 12.6 Å². The molecule has 0 radical (unpaired) electrons. The Balaban J connectivity index is 1.99. The quantitative estimate of drug-likeness (QED) is 0.862. The summed E-state index contributed by atoms with van der Waals surface area (Å²) in [6.45, 7) is 0.178. The smallest absolute Gasteiger partial charge is 0.419 e. The van der Waals surface area contributed by atoms with Gasteiger partial charge >= 0.3 is 6.18 Å². The first-order valence-corrected chi connectivity index (χ1v) is 6.10. The number of halogens is 3. The van der Waals surface area contributed by atoms with Crippen LogP contribution in [0.15, 0.2) is 48.5 Å². The summed E-state index contributed by atoms with van der Waals surface area (Å²) < 4.78 is 43.5. The van der Waals surface area contributed by atoms with Crippen LogP contribution in [0.25, 0.3) is 0 Å². The maximum Gasteiger partial charge on any atom is 0.419 e. The van der Waals surface area contributed by atoms with Crippen molar-refractivity contribution in [3.8, 4) is 5.75 Å². The first-order chi connectivity index (χ1) is 9.47. The summed E-state index contributed by atoms with van der Waals surface area (Å²) in [4.78, 5) is 0. The molecule has 0 amide bonds. The van der Waals surface area contributed by atoms with Gasteiger partial charge in [-0.25, -0.2) is 0 Å². The molecule has 2 aromatic rings. The van der Waals surface area contributed by atoms with Crippen LogP contribution in [0.3, 0.4) is 0 Å². The van der Waals surface area contributed by atoms with Crippen LogP contribution in [-0.4, -0.2) is 6.61 Å². The van der Waals surface area contributed by atoms with Gasteiger partial charge < -0.3 is 10.5 Å². The Labute approximate surface area is 115 Å². The number of alkyl halides is 3. The van der Waals surface area contributed by atoms with Crippen molar-refractivity contribution in [3.63, 3.8) is 0 Å². The molecule has 0 aliphatic heterocycles. The lowest BCUT2D eigenvalue weighted by Gasteiger charge is -2.13. The third-order valence-corrected chi connectivity index (χ3v) is 2.82. The van der Waals surface area contributed by atoms with Crippen molar-refractivity contribution in [2.45, 2.75) is 12.6 Å². The van der Waals surface area contributed by atoms with Crippen LogP contribution in [0.1, 0.15) is 11.1 Å². The predicted molar refractivity (Wildman–Crippen MR) is 71.5 cm³/mol. The van der Waals surface area contributed by atoms with E-state index in [0.29, 0.717) is 12.1 Å². The van der Waals surface area contributed by atoms with E-state index in [1.807, 2.05) is 12.1 Å². The van der Waals surface area contributed by atoms with E-state index in [2.05, 4.69) is 0 Å². The maximum absolute atomic E-state index is 12.7. The van der Waals surface area contributed by atoms with Gasteiger partial charge in [-0.05, 0) is 29.8 Å². The zero-order chi connectivity index (χ0) is 14.6. The number of ether oxygens (including phenoxy) is 1. The fourth-order valence-corrected chi connectivity index (χ4v) is 1.79. The lowest BCUT2D eigenvalue weighted by Crippen LogP contribution is -2.10. The molecule has 0 saturated carbocycles. The lowest BCUT2D eigenvalue weighted by molar-refractivity contribution is -0.138. The van der Waals surface area contributed by atoms with E-state index in [4.69, 9.17) is 10.5 Å². The Morgan fingerprint density at radius 2 is 1.60 bits per heavy atom. The molecule has 0 aliphatic rings. The van der Waals surface area contributed by atoms with Crippen LogP contribution in [0.4, 0.5) is 18.9 Å². The fourth-order valence-electron chi connectivity index (χ4n) is 1.79. The Kier molecular flexibility index (Phi) is 4.17. The first-order valence-electron chi connectivity index (χ1n) is 6.10. The molecular formula is C15H14F3NO. The van der Waals surface area contributed by atoms with Gasteiger partial charge in [-0.3, -0.25) is 0 Å². The van der Waals surface area contributed by atoms with Gasteiger partial charge in [0.2, 0.25) is 0 Å². The molecular weight excluding hydrogens is 267 g/mol. The molecule has 0 aliphatic carbocycles. The number of para-hydroxylation sites is 1. The number of benzene rings is 2. The number of hydrogen-bond donors (Lipinski definition) is 1. The van der Waals surface area contributed by atoms with E-state index in [-0.39, 0.29) is 12.4 Å². The molecule has 20 heavy (non-hydrogen) atoms. The molecule has 2 aromatic carbocycles. The van der Waals surface area contributed by atoms with Crippen molar-refractivity contribution in [2.24, 2.45) is 0 Å². The highest BCUT2D eigenvalue weighted by Crippen LogP contribution is 2.35. The second kappa shape index (κ2) is 5.86. The Hall–Kier alpha value is -2.17. The molecule has 2 rings (SSSR count). The van der Waals surface area contributed by atoms with Crippen LogP contribution in [0.2, 0.25) is 0 Å². The van der Waals surface area contributed by atoms with Gasteiger partial charge in [-0.2, -0.15) is 13.2 Å². The van der Waals surface area contributed by atoms with Crippen molar-refractivity contribution < 1.29 is 17.9 Å². The molecule has 106 valence electrons. The normalized spacial score (nSPS) is 11.3. The third kappa shape index (κ3) is 3.66. The number of nitrogen functional groups attached to an aromatic ring is 1. The molecule has 0 heterocycles. The molecule has 0 fully saturated rings. The molecule has 0 aromatic heterocycles. The molecule has 5 heteroatoms. The SMILES string of the molecule is Nc1ccc(CCOc2ccccc2C(F)(F)F)cc1. The minimum Gasteiger partial charge on any atom is -0.493 e. The maximum atomic E-state index is 12.7. The molecule has 0 atom stereocenters. The first kappa shape index (κ1) is 14.2. The van der Waals surface area contributed by atoms with Gasteiger partial charge in [-0.1, -0.05) is 24.3 Å². The fraction of sp³-hybridized carbons (Fsp3) is 0.200. The minimum atomic E-state index is -4.40. The van der Waals surface area contributed by atoms with Gasteiger partial charge in [-0.15, -0.1) is 0 Å². The van der Waals surface area contributed by atoms with E-state index < -0.39 is 11.7 Å². The Morgan fingerprint density at radius 1 is 0.950 bits per heavy atom. The summed E-state index contributed by atoms with van der Waals surface area (Å²) in [5, 5.41) is 0. The highest BCUT2D eigenvalue weighted by atomic mass is 19.4. The van der Waals surface area contributed by atoms with Gasteiger partial charge in [0.05, 0.1) is 12.2 Å². The zero-order valence-electron chi connectivity index (χ0n) is 10.7. The molecule has 0 saturated heterocycles. The molecule has 2 nitrogen and oxygen atoms in total. The largest absolute Gasteiger partial charge is 0.493 e. The number of nitrogens with two attached hydrogens (primary N) is 1. The molecule has 2 N–H and O–H groups in total. The van der Waals surface area contributed by atoms with Crippen LogP contribution >= 0.6 is 0 Å². The van der Waals surface area contributed by atoms with E-state index in [1.165, 1.54) is 18.2 Å². The van der Waals surface area contributed by atoms with Crippen molar-refractivity contribution in [3.05, 3.63) is 59.7 Å². The summed E-state index contributed by atoms with van der Waals surface area (Å²) >= 11 is 0. The monoisotopic (exact) mass is 281 g/mol. The van der Waals surface area contributed by atoms with E-state index >= 15 is 0 Å². The van der Waals surface area contributed by atoms with E-state index in [0.717, 1.165) is 11.6 Å². The van der Waals surface area contributed by atoms with Crippen molar-refractivity contribution in [1.29, 1.82) is 0 Å². The van der Waals surface area contributed by atoms with E-state index in [9.17, 15) is 13.2 Å². The molecule has 0 bridgehead atoms. The topological polar surface area (TPSA) is 35.2 Å². The highest BCUT2D eigenvalue weighted by molar-refractivity contribution is 5.39.